The lowest BCUT2D eigenvalue weighted by atomic mass is 10.0. The summed E-state index contributed by atoms with van der Waals surface area (Å²) in [5.74, 6) is -0.592. The van der Waals surface area contributed by atoms with E-state index in [1.165, 1.54) is 0 Å². The van der Waals surface area contributed by atoms with E-state index in [1.807, 2.05) is 24.3 Å². The second-order valence-corrected chi connectivity index (χ2v) is 9.84. The predicted octanol–water partition coefficient (Wildman–Crippen LogP) is 3.35. The lowest BCUT2D eigenvalue weighted by Gasteiger charge is -2.20. The fourth-order valence-electron chi connectivity index (χ4n) is 2.50. The molecule has 0 aliphatic carbocycles. The second-order valence-electron chi connectivity index (χ2n) is 7.36. The van der Waals surface area contributed by atoms with Crippen molar-refractivity contribution < 1.29 is 22.7 Å². The zero-order valence-corrected chi connectivity index (χ0v) is 17.4. The van der Waals surface area contributed by atoms with Crippen molar-refractivity contribution in [3.8, 4) is 0 Å². The maximum atomic E-state index is 12.7. The van der Waals surface area contributed by atoms with Crippen LogP contribution in [-0.2, 0) is 14.6 Å². The first kappa shape index (κ1) is 21.7. The Morgan fingerprint density at radius 2 is 1.68 bits per heavy atom. The number of fused-ring (bicyclic) bond motifs is 1. The van der Waals surface area contributed by atoms with Crippen LogP contribution in [0.4, 0.5) is 10.5 Å². The first-order valence-corrected chi connectivity index (χ1v) is 10.8. The van der Waals surface area contributed by atoms with Crippen LogP contribution in [0.2, 0.25) is 0 Å². The number of amides is 2. The highest BCUT2D eigenvalue weighted by Crippen LogP contribution is 2.25. The fourth-order valence-corrected chi connectivity index (χ4v) is 3.21. The van der Waals surface area contributed by atoms with Gasteiger partial charge in [-0.15, -0.1) is 0 Å². The molecule has 0 fully saturated rings. The van der Waals surface area contributed by atoms with Crippen molar-refractivity contribution in [1.29, 1.82) is 0 Å². The standard InChI is InChI=1S/C20H26N2O5S/c1-5-28(25,26)11-10-21-18(23)16-12-14-8-6-7-9-15(14)13-17(16)22-19(24)27-20(2,3)4/h6-9,12-13H,5,10-11H2,1-4H3,(H,21,23)(H,22,24). The number of anilines is 1. The van der Waals surface area contributed by atoms with Crippen LogP contribution in [0.3, 0.4) is 0 Å². The molecule has 152 valence electrons. The van der Waals surface area contributed by atoms with Crippen molar-refractivity contribution in [2.24, 2.45) is 0 Å². The summed E-state index contributed by atoms with van der Waals surface area (Å²) in [6, 6.07) is 10.8. The summed E-state index contributed by atoms with van der Waals surface area (Å²) in [6.07, 6.45) is -0.676. The summed E-state index contributed by atoms with van der Waals surface area (Å²) in [7, 11) is -3.19. The Hall–Kier alpha value is -2.61. The van der Waals surface area contributed by atoms with E-state index < -0.39 is 27.4 Å². The van der Waals surface area contributed by atoms with Gasteiger partial charge in [0.15, 0.2) is 9.84 Å². The molecule has 0 heterocycles. The number of hydrogen-bond donors (Lipinski definition) is 2. The summed E-state index contributed by atoms with van der Waals surface area (Å²) in [5.41, 5.74) is -0.153. The number of carbonyl (C=O) groups is 2. The van der Waals surface area contributed by atoms with Gasteiger partial charge in [0, 0.05) is 12.3 Å². The molecule has 2 N–H and O–H groups in total. The Morgan fingerprint density at radius 3 is 2.25 bits per heavy atom. The second kappa shape index (κ2) is 8.60. The summed E-state index contributed by atoms with van der Waals surface area (Å²) >= 11 is 0. The fraction of sp³-hybridized carbons (Fsp3) is 0.400. The molecule has 0 atom stereocenters. The first-order chi connectivity index (χ1) is 13.0. The van der Waals surface area contributed by atoms with E-state index in [-0.39, 0.29) is 23.6 Å². The largest absolute Gasteiger partial charge is 0.444 e. The average Bonchev–Trinajstić information content (AvgIpc) is 2.59. The first-order valence-electron chi connectivity index (χ1n) is 9.02. The van der Waals surface area contributed by atoms with Crippen molar-refractivity contribution in [2.45, 2.75) is 33.3 Å². The molecular weight excluding hydrogens is 380 g/mol. The summed E-state index contributed by atoms with van der Waals surface area (Å²) < 4.78 is 28.5. The average molecular weight is 407 g/mol. The van der Waals surface area contributed by atoms with Gasteiger partial charge >= 0.3 is 6.09 Å². The van der Waals surface area contributed by atoms with E-state index in [1.54, 1.807) is 39.8 Å². The SMILES string of the molecule is CCS(=O)(=O)CCNC(=O)c1cc2ccccc2cc1NC(=O)OC(C)(C)C. The Bertz CT molecular complexity index is 978. The van der Waals surface area contributed by atoms with Gasteiger partial charge in [0.05, 0.1) is 17.0 Å². The van der Waals surface area contributed by atoms with Gasteiger partial charge in [-0.05, 0) is 43.7 Å². The van der Waals surface area contributed by atoms with Gasteiger partial charge in [-0.25, -0.2) is 13.2 Å². The molecule has 0 aliphatic rings. The van der Waals surface area contributed by atoms with Crippen molar-refractivity contribution in [3.63, 3.8) is 0 Å². The third-order valence-electron chi connectivity index (χ3n) is 3.90. The van der Waals surface area contributed by atoms with Gasteiger partial charge in [0.1, 0.15) is 5.60 Å². The molecule has 2 aromatic rings. The number of carbonyl (C=O) groups excluding carboxylic acids is 2. The number of hydrogen-bond acceptors (Lipinski definition) is 5. The lowest BCUT2D eigenvalue weighted by Crippen LogP contribution is -2.31. The van der Waals surface area contributed by atoms with Crippen LogP contribution in [0.25, 0.3) is 10.8 Å². The lowest BCUT2D eigenvalue weighted by molar-refractivity contribution is 0.0636. The molecule has 0 spiro atoms. The topological polar surface area (TPSA) is 102 Å². The van der Waals surface area contributed by atoms with Gasteiger partial charge in [0.25, 0.3) is 5.91 Å². The van der Waals surface area contributed by atoms with Crippen molar-refractivity contribution >= 4 is 38.3 Å². The summed E-state index contributed by atoms with van der Waals surface area (Å²) in [4.78, 5) is 24.8. The van der Waals surface area contributed by atoms with Crippen LogP contribution in [0.5, 0.6) is 0 Å². The van der Waals surface area contributed by atoms with E-state index in [9.17, 15) is 18.0 Å². The van der Waals surface area contributed by atoms with Crippen LogP contribution in [0.15, 0.2) is 36.4 Å². The van der Waals surface area contributed by atoms with Crippen LogP contribution in [-0.4, -0.2) is 44.1 Å². The van der Waals surface area contributed by atoms with Crippen LogP contribution < -0.4 is 10.6 Å². The molecule has 7 nitrogen and oxygen atoms in total. The molecule has 0 unspecified atom stereocenters. The van der Waals surface area contributed by atoms with Crippen LogP contribution in [0.1, 0.15) is 38.1 Å². The van der Waals surface area contributed by atoms with E-state index in [4.69, 9.17) is 4.74 Å². The normalized spacial score (nSPS) is 11.9. The highest BCUT2D eigenvalue weighted by atomic mass is 32.2. The molecule has 28 heavy (non-hydrogen) atoms. The van der Waals surface area contributed by atoms with Gasteiger partial charge < -0.3 is 10.1 Å². The zero-order chi connectivity index (χ0) is 20.9. The number of nitrogens with one attached hydrogen (secondary N) is 2. The zero-order valence-electron chi connectivity index (χ0n) is 16.5. The number of ether oxygens (including phenoxy) is 1. The number of sulfone groups is 1. The van der Waals surface area contributed by atoms with Crippen molar-refractivity contribution in [3.05, 3.63) is 42.0 Å². The molecule has 2 amide bonds. The number of rotatable bonds is 6. The van der Waals surface area contributed by atoms with Gasteiger partial charge in [-0.3, -0.25) is 10.1 Å². The maximum absolute atomic E-state index is 12.7. The summed E-state index contributed by atoms with van der Waals surface area (Å²) in [6.45, 7) is 6.79. The molecule has 2 aromatic carbocycles. The molecule has 0 aliphatic heterocycles. The van der Waals surface area contributed by atoms with Crippen molar-refractivity contribution in [2.75, 3.05) is 23.4 Å². The molecule has 8 heteroatoms. The maximum Gasteiger partial charge on any atom is 0.412 e. The molecule has 0 saturated carbocycles. The molecule has 0 bridgehead atoms. The Kier molecular flexibility index (Phi) is 6.66. The summed E-state index contributed by atoms with van der Waals surface area (Å²) in [5, 5.41) is 6.89. The van der Waals surface area contributed by atoms with Gasteiger partial charge in [-0.1, -0.05) is 31.2 Å². The smallest absolute Gasteiger partial charge is 0.412 e. The van der Waals surface area contributed by atoms with E-state index in [0.717, 1.165) is 10.8 Å². The third kappa shape index (κ3) is 6.23. The molecule has 0 radical (unpaired) electrons. The van der Waals surface area contributed by atoms with Gasteiger partial charge in [-0.2, -0.15) is 0 Å². The minimum atomic E-state index is -3.19. The molecule has 0 aromatic heterocycles. The Morgan fingerprint density at radius 1 is 1.07 bits per heavy atom. The Labute approximate surface area is 165 Å². The molecular formula is C20H26N2O5S. The van der Waals surface area contributed by atoms with Crippen LogP contribution >= 0.6 is 0 Å². The number of benzene rings is 2. The monoisotopic (exact) mass is 406 g/mol. The van der Waals surface area contributed by atoms with E-state index >= 15 is 0 Å². The van der Waals surface area contributed by atoms with Gasteiger partial charge in [0.2, 0.25) is 0 Å². The van der Waals surface area contributed by atoms with E-state index in [0.29, 0.717) is 5.69 Å². The van der Waals surface area contributed by atoms with Crippen molar-refractivity contribution in [1.82, 2.24) is 5.32 Å². The minimum Gasteiger partial charge on any atom is -0.444 e. The molecule has 0 saturated heterocycles. The third-order valence-corrected chi connectivity index (χ3v) is 5.61. The van der Waals surface area contributed by atoms with E-state index in [2.05, 4.69) is 10.6 Å². The highest BCUT2D eigenvalue weighted by molar-refractivity contribution is 7.91. The minimum absolute atomic E-state index is 0.00624. The quantitative estimate of drug-likeness (QED) is 0.766. The Balaban J connectivity index is 2.28. The van der Waals surface area contributed by atoms with Crippen LogP contribution in [0, 0.1) is 0 Å². The predicted molar refractivity (Wildman–Crippen MR) is 110 cm³/mol. The molecule has 2 rings (SSSR count). The highest BCUT2D eigenvalue weighted by Gasteiger charge is 2.20.